The molecule has 0 aliphatic heterocycles. The largest absolute Gasteiger partial charge is 0.497 e. The molecule has 154 valence electrons. The maximum absolute atomic E-state index is 13.1. The predicted molar refractivity (Wildman–Crippen MR) is 120 cm³/mol. The Labute approximate surface area is 178 Å². The van der Waals surface area contributed by atoms with Crippen LogP contribution in [0, 0.1) is 0 Å². The van der Waals surface area contributed by atoms with Crippen LogP contribution in [0.2, 0.25) is 0 Å². The third kappa shape index (κ3) is 4.51. The smallest absolute Gasteiger partial charge is 0.278 e. The molecule has 1 N–H and O–H groups in total. The van der Waals surface area contributed by atoms with Crippen LogP contribution >= 0.6 is 0 Å². The van der Waals surface area contributed by atoms with E-state index in [9.17, 15) is 9.59 Å². The summed E-state index contributed by atoms with van der Waals surface area (Å²) in [5.74, 6) is 0.321. The fourth-order valence-electron chi connectivity index (χ4n) is 3.18. The van der Waals surface area contributed by atoms with Crippen molar-refractivity contribution in [2.24, 2.45) is 5.10 Å². The first-order chi connectivity index (χ1) is 15.2. The summed E-state index contributed by atoms with van der Waals surface area (Å²) >= 11 is 0. The number of aromatic nitrogens is 2. The van der Waals surface area contributed by atoms with Gasteiger partial charge in [-0.1, -0.05) is 42.5 Å². The molecule has 1 amide bonds. The van der Waals surface area contributed by atoms with Gasteiger partial charge in [-0.25, -0.2) is 10.4 Å². The lowest BCUT2D eigenvalue weighted by Gasteiger charge is -2.11. The zero-order chi connectivity index (χ0) is 21.6. The van der Waals surface area contributed by atoms with Gasteiger partial charge in [0.25, 0.3) is 11.5 Å². The number of benzene rings is 3. The molecule has 1 aromatic heterocycles. The van der Waals surface area contributed by atoms with Crippen LogP contribution in [0.25, 0.3) is 22.3 Å². The standard InChI is InChI=1S/C24H20N4O3/c1-31-19-13-11-17(12-14-19)15-25-27-22(29)16-28-21-10-6-5-9-20(21)26-23(24(28)30)18-7-3-2-4-8-18/h2-15H,16H2,1H3,(H,27,29)/b25-15+. The number of carbonyl (C=O) groups is 1. The van der Waals surface area contributed by atoms with E-state index in [1.807, 2.05) is 60.7 Å². The molecular formula is C24H20N4O3. The van der Waals surface area contributed by atoms with Crippen LogP contribution in [-0.4, -0.2) is 28.8 Å². The van der Waals surface area contributed by atoms with Crippen LogP contribution in [0.4, 0.5) is 0 Å². The molecule has 7 heteroatoms. The van der Waals surface area contributed by atoms with Crippen molar-refractivity contribution in [2.45, 2.75) is 6.54 Å². The maximum Gasteiger partial charge on any atom is 0.278 e. The molecule has 0 bridgehead atoms. The molecule has 0 fully saturated rings. The number of nitrogens with one attached hydrogen (secondary N) is 1. The number of fused-ring (bicyclic) bond motifs is 1. The van der Waals surface area contributed by atoms with E-state index in [4.69, 9.17) is 4.74 Å². The molecule has 4 rings (SSSR count). The van der Waals surface area contributed by atoms with Crippen molar-refractivity contribution in [3.05, 3.63) is 94.8 Å². The molecule has 0 atom stereocenters. The number of nitrogens with zero attached hydrogens (tertiary/aromatic N) is 3. The van der Waals surface area contributed by atoms with Gasteiger partial charge in [-0.05, 0) is 42.0 Å². The molecule has 0 aliphatic carbocycles. The first-order valence-corrected chi connectivity index (χ1v) is 9.66. The van der Waals surface area contributed by atoms with Gasteiger partial charge in [-0.15, -0.1) is 0 Å². The monoisotopic (exact) mass is 412 g/mol. The van der Waals surface area contributed by atoms with Crippen molar-refractivity contribution in [3.63, 3.8) is 0 Å². The predicted octanol–water partition coefficient (Wildman–Crippen LogP) is 3.22. The number of ether oxygens (including phenoxy) is 1. The van der Waals surface area contributed by atoms with E-state index in [2.05, 4.69) is 15.5 Å². The molecule has 4 aromatic rings. The summed E-state index contributed by atoms with van der Waals surface area (Å²) in [4.78, 5) is 30.2. The summed E-state index contributed by atoms with van der Waals surface area (Å²) in [6, 6.07) is 23.7. The summed E-state index contributed by atoms with van der Waals surface area (Å²) in [6.07, 6.45) is 1.53. The van der Waals surface area contributed by atoms with Crippen molar-refractivity contribution >= 4 is 23.2 Å². The fourth-order valence-corrected chi connectivity index (χ4v) is 3.18. The molecule has 7 nitrogen and oxygen atoms in total. The van der Waals surface area contributed by atoms with Crippen molar-refractivity contribution in [3.8, 4) is 17.0 Å². The summed E-state index contributed by atoms with van der Waals surface area (Å²) in [7, 11) is 1.59. The summed E-state index contributed by atoms with van der Waals surface area (Å²) < 4.78 is 6.53. The normalized spacial score (nSPS) is 11.0. The van der Waals surface area contributed by atoms with Gasteiger partial charge in [0.15, 0.2) is 0 Å². The van der Waals surface area contributed by atoms with Crippen LogP contribution < -0.4 is 15.7 Å². The average Bonchev–Trinajstić information content (AvgIpc) is 2.82. The molecule has 1 heterocycles. The molecule has 0 radical (unpaired) electrons. The number of para-hydroxylation sites is 2. The number of amides is 1. The molecule has 0 unspecified atom stereocenters. The Kier molecular flexibility index (Phi) is 5.84. The zero-order valence-corrected chi connectivity index (χ0v) is 16.9. The van der Waals surface area contributed by atoms with Gasteiger partial charge < -0.3 is 4.74 Å². The minimum absolute atomic E-state index is 0.179. The Morgan fingerprint density at radius 2 is 1.74 bits per heavy atom. The highest BCUT2D eigenvalue weighted by Gasteiger charge is 2.14. The second-order valence-electron chi connectivity index (χ2n) is 6.77. The lowest BCUT2D eigenvalue weighted by molar-refractivity contribution is -0.121. The van der Waals surface area contributed by atoms with E-state index < -0.39 is 5.91 Å². The molecule has 31 heavy (non-hydrogen) atoms. The number of rotatable bonds is 6. The lowest BCUT2D eigenvalue weighted by Crippen LogP contribution is -2.31. The highest BCUT2D eigenvalue weighted by atomic mass is 16.5. The van der Waals surface area contributed by atoms with E-state index in [0.29, 0.717) is 22.3 Å². The minimum atomic E-state index is -0.415. The van der Waals surface area contributed by atoms with E-state index in [-0.39, 0.29) is 12.1 Å². The molecule has 3 aromatic carbocycles. The Hall–Kier alpha value is -4.26. The van der Waals surface area contributed by atoms with Crippen LogP contribution in [0.1, 0.15) is 5.56 Å². The average molecular weight is 412 g/mol. The quantitative estimate of drug-likeness (QED) is 0.389. The van der Waals surface area contributed by atoms with Gasteiger partial charge in [-0.2, -0.15) is 5.10 Å². The van der Waals surface area contributed by atoms with Gasteiger partial charge in [0.05, 0.1) is 24.4 Å². The highest BCUT2D eigenvalue weighted by Crippen LogP contribution is 2.17. The molecule has 0 saturated heterocycles. The SMILES string of the molecule is COc1ccc(/C=N/NC(=O)Cn2c(=O)c(-c3ccccc3)nc3ccccc32)cc1. The number of hydrogen-bond acceptors (Lipinski definition) is 5. The van der Waals surface area contributed by atoms with E-state index in [1.54, 1.807) is 25.3 Å². The van der Waals surface area contributed by atoms with Crippen LogP contribution in [-0.2, 0) is 11.3 Å². The Morgan fingerprint density at radius 1 is 1.03 bits per heavy atom. The summed E-state index contributed by atoms with van der Waals surface area (Å²) in [5, 5.41) is 3.99. The van der Waals surface area contributed by atoms with Crippen LogP contribution in [0.5, 0.6) is 5.75 Å². The van der Waals surface area contributed by atoms with Crippen molar-refractivity contribution < 1.29 is 9.53 Å². The third-order valence-electron chi connectivity index (χ3n) is 4.72. The summed E-state index contributed by atoms with van der Waals surface area (Å²) in [5.41, 5.74) is 5.17. The Morgan fingerprint density at radius 3 is 2.48 bits per heavy atom. The van der Waals surface area contributed by atoms with Crippen molar-refractivity contribution in [1.82, 2.24) is 15.0 Å². The van der Waals surface area contributed by atoms with Gasteiger partial charge in [0, 0.05) is 5.56 Å². The zero-order valence-electron chi connectivity index (χ0n) is 16.9. The molecule has 0 saturated carbocycles. The fraction of sp³-hybridized carbons (Fsp3) is 0.0833. The number of hydrazone groups is 1. The van der Waals surface area contributed by atoms with Gasteiger partial charge in [0.2, 0.25) is 0 Å². The van der Waals surface area contributed by atoms with Crippen LogP contribution in [0.3, 0.4) is 0 Å². The lowest BCUT2D eigenvalue weighted by atomic mass is 10.1. The molecule has 0 aliphatic rings. The highest BCUT2D eigenvalue weighted by molar-refractivity contribution is 5.84. The maximum atomic E-state index is 13.1. The van der Waals surface area contributed by atoms with Crippen molar-refractivity contribution in [2.75, 3.05) is 7.11 Å². The van der Waals surface area contributed by atoms with Crippen LogP contribution in [0.15, 0.2) is 88.8 Å². The second kappa shape index (κ2) is 9.04. The first kappa shape index (κ1) is 20.0. The first-order valence-electron chi connectivity index (χ1n) is 9.66. The number of carbonyl (C=O) groups excluding carboxylic acids is 1. The topological polar surface area (TPSA) is 85.6 Å². The Bertz CT molecular complexity index is 1300. The number of methoxy groups -OCH3 is 1. The summed E-state index contributed by atoms with van der Waals surface area (Å²) in [6.45, 7) is -0.179. The van der Waals surface area contributed by atoms with E-state index >= 15 is 0 Å². The van der Waals surface area contributed by atoms with E-state index in [0.717, 1.165) is 11.3 Å². The minimum Gasteiger partial charge on any atom is -0.497 e. The second-order valence-corrected chi connectivity index (χ2v) is 6.77. The molecular weight excluding hydrogens is 392 g/mol. The van der Waals surface area contributed by atoms with Gasteiger partial charge >= 0.3 is 0 Å². The van der Waals surface area contributed by atoms with Crippen molar-refractivity contribution in [1.29, 1.82) is 0 Å². The molecule has 0 spiro atoms. The Balaban J connectivity index is 1.59. The third-order valence-corrected chi connectivity index (χ3v) is 4.72. The van der Waals surface area contributed by atoms with Gasteiger partial charge in [0.1, 0.15) is 18.0 Å². The van der Waals surface area contributed by atoms with Gasteiger partial charge in [-0.3, -0.25) is 14.2 Å². The van der Waals surface area contributed by atoms with E-state index in [1.165, 1.54) is 10.8 Å². The number of hydrogen-bond donors (Lipinski definition) is 1.